The minimum Gasteiger partial charge on any atom is -0.490 e. The number of pyridine rings is 3. The van der Waals surface area contributed by atoms with E-state index in [-0.39, 0.29) is 86.8 Å². The van der Waals surface area contributed by atoms with Crippen LogP contribution in [-0.2, 0) is 12.8 Å². The number of hydrogen-bond donors (Lipinski definition) is 4. The summed E-state index contributed by atoms with van der Waals surface area (Å²) in [5, 5.41) is 13.4. The molecule has 0 spiro atoms. The molecule has 4 N–H and O–H groups in total. The van der Waals surface area contributed by atoms with Crippen molar-refractivity contribution in [2.24, 2.45) is 11.8 Å². The molecule has 9 nitrogen and oxygen atoms in total. The smallest absolute Gasteiger partial charge is 0.213 e. The van der Waals surface area contributed by atoms with E-state index in [4.69, 9.17) is 9.47 Å². The number of nitrogens with one attached hydrogen (secondary N) is 4. The highest BCUT2D eigenvalue weighted by atomic mass is 35.5. The predicted octanol–water partition coefficient (Wildman–Crippen LogP) is 9.23. The topological polar surface area (TPSA) is 105 Å². The number of hydrogen-bond acceptors (Lipinski definition) is 9. The molecule has 4 aliphatic heterocycles. The number of nitrogens with zero attached hydrogens (tertiary/aromatic N) is 3. The van der Waals surface area contributed by atoms with Crippen LogP contribution in [0, 0.1) is 11.8 Å². The van der Waals surface area contributed by atoms with E-state index in [0.29, 0.717) is 12.2 Å². The van der Waals surface area contributed by atoms with Crippen LogP contribution in [0.2, 0.25) is 0 Å². The highest BCUT2D eigenvalue weighted by molar-refractivity contribution is 5.86. The zero-order chi connectivity index (χ0) is 35.7. The molecule has 59 heavy (non-hydrogen) atoms. The Hall–Kier alpha value is -1.86. The van der Waals surface area contributed by atoms with Crippen molar-refractivity contribution >= 4 is 86.8 Å². The lowest BCUT2D eigenvalue weighted by molar-refractivity contribution is 0.156. The molecule has 8 rings (SSSR count). The standard InChI is InChI=1S/2C11H16N2.C11H15NO.C10H14N2O.7ClH/c1-5-12-6-2-10(1)9-11-3-7-13-8-4-11;1-2-6-13-11(3-1)9-10-4-7-12-8-5-10;1-2-4-10(5-3-1)13-11-6-8-12-9-7-11;1-2-6-12-10(3-1)13-9-4-7-11-8-5-9;;;;;;;/h1-2,5-6,11,13H,3-4,7-9H2;1-3,6,10,12H,4-5,7-9H2;1-5,11-12H,6-9H2;1-3,6,9,11H,4-5,7-8H2;7*1H. The van der Waals surface area contributed by atoms with Gasteiger partial charge in [-0.15, -0.1) is 86.8 Å². The van der Waals surface area contributed by atoms with E-state index < -0.39 is 0 Å². The number of benzene rings is 1. The quantitative estimate of drug-likeness (QED) is 0.138. The van der Waals surface area contributed by atoms with Gasteiger partial charge in [-0.3, -0.25) is 9.97 Å². The molecular formula is C43H68Cl7N7O2. The fourth-order valence-electron chi connectivity index (χ4n) is 6.94. The van der Waals surface area contributed by atoms with Crippen molar-refractivity contribution in [2.75, 3.05) is 52.4 Å². The van der Waals surface area contributed by atoms with E-state index in [1.165, 1.54) is 69.5 Å². The second kappa shape index (κ2) is 39.0. The summed E-state index contributed by atoms with van der Waals surface area (Å²) in [7, 11) is 0. The zero-order valence-electron chi connectivity index (χ0n) is 33.9. The summed E-state index contributed by atoms with van der Waals surface area (Å²) >= 11 is 0. The summed E-state index contributed by atoms with van der Waals surface area (Å²) in [5.41, 5.74) is 2.68. The van der Waals surface area contributed by atoms with E-state index in [0.717, 1.165) is 81.7 Å². The normalized spacial score (nSPS) is 16.4. The number of para-hydroxylation sites is 1. The summed E-state index contributed by atoms with van der Waals surface area (Å²) < 4.78 is 11.5. The number of aromatic nitrogens is 3. The van der Waals surface area contributed by atoms with Gasteiger partial charge in [-0.05, 0) is 176 Å². The van der Waals surface area contributed by atoms with Gasteiger partial charge in [0.1, 0.15) is 18.0 Å². The van der Waals surface area contributed by atoms with Gasteiger partial charge in [0, 0.05) is 36.5 Å². The van der Waals surface area contributed by atoms with Crippen molar-refractivity contribution in [3.05, 3.63) is 115 Å². The van der Waals surface area contributed by atoms with Crippen LogP contribution in [-0.4, -0.2) is 79.5 Å². The monoisotopic (exact) mass is 959 g/mol. The third-order valence-electron chi connectivity index (χ3n) is 9.96. The Kier molecular flexibility index (Phi) is 40.6. The largest absolute Gasteiger partial charge is 0.490 e. The second-order valence-electron chi connectivity index (χ2n) is 14.1. The summed E-state index contributed by atoms with van der Waals surface area (Å²) in [6.45, 7) is 9.00. The molecule has 16 heteroatoms. The molecule has 0 unspecified atom stereocenters. The van der Waals surface area contributed by atoms with Crippen LogP contribution >= 0.6 is 86.8 Å². The molecule has 4 aromatic rings. The molecule has 4 saturated heterocycles. The Labute approximate surface area is 397 Å². The molecule has 7 heterocycles. The molecular weight excluding hydrogens is 895 g/mol. The fraction of sp³-hybridized carbons (Fsp3) is 0.512. The van der Waals surface area contributed by atoms with Crippen molar-refractivity contribution < 1.29 is 9.47 Å². The van der Waals surface area contributed by atoms with E-state index in [1.807, 2.05) is 73.2 Å². The molecule has 0 atom stereocenters. The molecule has 1 aromatic carbocycles. The van der Waals surface area contributed by atoms with E-state index in [9.17, 15) is 0 Å². The van der Waals surface area contributed by atoms with Crippen LogP contribution in [0.15, 0.2) is 104 Å². The van der Waals surface area contributed by atoms with Crippen molar-refractivity contribution in [3.8, 4) is 11.6 Å². The molecule has 336 valence electrons. The minimum absolute atomic E-state index is 0. The maximum Gasteiger partial charge on any atom is 0.213 e. The Balaban J connectivity index is -0.000000682. The molecule has 4 aliphatic rings. The van der Waals surface area contributed by atoms with Crippen LogP contribution in [0.3, 0.4) is 0 Å². The maximum absolute atomic E-state index is 5.82. The first-order valence-electron chi connectivity index (χ1n) is 19.7. The average Bonchev–Trinajstić information content (AvgIpc) is 3.22. The van der Waals surface area contributed by atoms with Gasteiger partial charge >= 0.3 is 0 Å². The van der Waals surface area contributed by atoms with Crippen molar-refractivity contribution in [2.45, 2.75) is 76.4 Å². The molecule has 0 aliphatic carbocycles. The Morgan fingerprint density at radius 3 is 1.34 bits per heavy atom. The minimum atomic E-state index is 0. The first kappa shape index (κ1) is 61.4. The molecule has 3 aromatic heterocycles. The number of piperidine rings is 4. The van der Waals surface area contributed by atoms with E-state index >= 15 is 0 Å². The first-order chi connectivity index (χ1) is 25.8. The van der Waals surface area contributed by atoms with Crippen molar-refractivity contribution in [3.63, 3.8) is 0 Å². The number of ether oxygens (including phenoxy) is 2. The number of halogens is 7. The molecule has 0 bridgehead atoms. The third-order valence-corrected chi connectivity index (χ3v) is 9.96. The van der Waals surface area contributed by atoms with Gasteiger partial charge in [0.25, 0.3) is 0 Å². The van der Waals surface area contributed by atoms with Crippen molar-refractivity contribution in [1.29, 1.82) is 0 Å². The summed E-state index contributed by atoms with van der Waals surface area (Å²) in [6, 6.07) is 26.2. The lowest BCUT2D eigenvalue weighted by Gasteiger charge is -2.23. The van der Waals surface area contributed by atoms with Gasteiger partial charge in [-0.25, -0.2) is 4.98 Å². The highest BCUT2D eigenvalue weighted by Crippen LogP contribution is 2.18. The lowest BCUT2D eigenvalue weighted by Crippen LogP contribution is -2.34. The van der Waals surface area contributed by atoms with Gasteiger partial charge < -0.3 is 30.7 Å². The van der Waals surface area contributed by atoms with E-state index in [2.05, 4.69) is 60.5 Å². The lowest BCUT2D eigenvalue weighted by atomic mass is 9.91. The molecule has 0 amide bonds. The third kappa shape index (κ3) is 27.0. The average molecular weight is 963 g/mol. The highest BCUT2D eigenvalue weighted by Gasteiger charge is 2.16. The fourth-order valence-corrected chi connectivity index (χ4v) is 6.94. The van der Waals surface area contributed by atoms with Gasteiger partial charge in [0.2, 0.25) is 5.88 Å². The van der Waals surface area contributed by atoms with Gasteiger partial charge in [0.15, 0.2) is 0 Å². The van der Waals surface area contributed by atoms with Crippen molar-refractivity contribution in [1.82, 2.24) is 36.2 Å². The maximum atomic E-state index is 5.82. The summed E-state index contributed by atoms with van der Waals surface area (Å²) in [6.07, 6.45) is 20.2. The zero-order valence-corrected chi connectivity index (χ0v) is 39.6. The van der Waals surface area contributed by atoms with Crippen LogP contribution < -0.4 is 30.7 Å². The molecule has 0 radical (unpaired) electrons. The molecule has 0 saturated carbocycles. The Morgan fingerprint density at radius 1 is 0.424 bits per heavy atom. The Bertz CT molecular complexity index is 1220. The molecule has 4 fully saturated rings. The SMILES string of the molecule is Cl.Cl.Cl.Cl.Cl.Cl.Cl.c1cc(CC2CCNCC2)ccn1.c1ccc(CC2CCNCC2)nc1.c1ccc(OC2CCNCC2)cc1.c1ccc(OC2CCNCC2)nc1. The second-order valence-corrected chi connectivity index (χ2v) is 14.1. The van der Waals surface area contributed by atoms with Crippen LogP contribution in [0.25, 0.3) is 0 Å². The van der Waals surface area contributed by atoms with Gasteiger partial charge in [0.05, 0.1) is 0 Å². The van der Waals surface area contributed by atoms with Crippen LogP contribution in [0.5, 0.6) is 11.6 Å². The summed E-state index contributed by atoms with van der Waals surface area (Å²) in [4.78, 5) is 12.5. The van der Waals surface area contributed by atoms with E-state index in [1.54, 1.807) is 6.20 Å². The summed E-state index contributed by atoms with van der Waals surface area (Å²) in [5.74, 6) is 3.46. The van der Waals surface area contributed by atoms with Crippen LogP contribution in [0.4, 0.5) is 0 Å². The Morgan fingerprint density at radius 2 is 0.864 bits per heavy atom. The van der Waals surface area contributed by atoms with Crippen LogP contribution in [0.1, 0.15) is 62.6 Å². The predicted molar refractivity (Wildman–Crippen MR) is 262 cm³/mol. The van der Waals surface area contributed by atoms with Gasteiger partial charge in [-0.1, -0.05) is 30.3 Å². The number of rotatable bonds is 8. The van der Waals surface area contributed by atoms with Gasteiger partial charge in [-0.2, -0.15) is 0 Å². The first-order valence-corrected chi connectivity index (χ1v) is 19.7.